The van der Waals surface area contributed by atoms with Crippen molar-refractivity contribution in [2.75, 3.05) is 26.3 Å². The van der Waals surface area contributed by atoms with Gasteiger partial charge in [0.15, 0.2) is 16.3 Å². The second-order valence-corrected chi connectivity index (χ2v) is 11.2. The van der Waals surface area contributed by atoms with Gasteiger partial charge < -0.3 is 25.1 Å². The van der Waals surface area contributed by atoms with E-state index in [0.29, 0.717) is 44.9 Å². The lowest BCUT2D eigenvalue weighted by Gasteiger charge is -2.23. The van der Waals surface area contributed by atoms with Crippen LogP contribution in [0, 0.1) is 6.92 Å². The predicted molar refractivity (Wildman–Crippen MR) is 169 cm³/mol. The highest BCUT2D eigenvalue weighted by atomic mass is 32.1. The number of carbonyl (C=O) groups excluding carboxylic acids is 1. The average Bonchev–Trinajstić information content (AvgIpc) is 3.42. The fourth-order valence-corrected chi connectivity index (χ4v) is 6.30. The first-order chi connectivity index (χ1) is 20.6. The highest BCUT2D eigenvalue weighted by Crippen LogP contribution is 2.36. The minimum Gasteiger partial charge on any atom is -0.486 e. The lowest BCUT2D eigenvalue weighted by molar-refractivity contribution is -0.124. The van der Waals surface area contributed by atoms with E-state index >= 15 is 0 Å². The van der Waals surface area contributed by atoms with Crippen LogP contribution in [0.5, 0.6) is 11.5 Å². The molecule has 6 rings (SSSR count). The number of nitrogens with two attached hydrogens (primary N) is 1. The van der Waals surface area contributed by atoms with Gasteiger partial charge in [-0.25, -0.2) is 4.99 Å². The predicted octanol–water partition coefficient (Wildman–Crippen LogP) is 5.93. The largest absolute Gasteiger partial charge is 0.486 e. The third-order valence-electron chi connectivity index (χ3n) is 7.39. The number of nitrogens with zero attached hydrogens (tertiary/aromatic N) is 2. The number of nitrogens with one attached hydrogen (secondary N) is 1. The SMILES string of the molecule is Cc1cccc(N=c2scc(-c3ccc4c(c3)OCCO4)n2[C@@H](Cc2cccc3ccccc23)C(=O)NCCCN)c1. The Morgan fingerprint density at radius 2 is 1.81 bits per heavy atom. The van der Waals surface area contributed by atoms with Crippen molar-refractivity contribution >= 4 is 33.7 Å². The molecule has 42 heavy (non-hydrogen) atoms. The third kappa shape index (κ3) is 5.95. The first kappa shape index (κ1) is 27.8. The van der Waals surface area contributed by atoms with Crippen molar-refractivity contribution in [3.05, 3.63) is 106 Å². The van der Waals surface area contributed by atoms with Gasteiger partial charge in [0.25, 0.3) is 0 Å². The molecular weight excluding hydrogens is 544 g/mol. The molecule has 3 N–H and O–H groups in total. The third-order valence-corrected chi connectivity index (χ3v) is 8.23. The van der Waals surface area contributed by atoms with Crippen molar-refractivity contribution < 1.29 is 14.3 Å². The first-order valence-electron chi connectivity index (χ1n) is 14.3. The molecule has 1 aliphatic heterocycles. The van der Waals surface area contributed by atoms with Crippen LogP contribution < -0.4 is 25.3 Å². The molecule has 0 saturated carbocycles. The van der Waals surface area contributed by atoms with Gasteiger partial charge in [0.1, 0.15) is 19.3 Å². The van der Waals surface area contributed by atoms with Crippen LogP contribution in [0.2, 0.25) is 0 Å². The Balaban J connectivity index is 1.53. The summed E-state index contributed by atoms with van der Waals surface area (Å²) in [4.78, 5) is 19.9. The molecule has 0 unspecified atom stereocenters. The van der Waals surface area contributed by atoms with Crippen LogP contribution in [0.3, 0.4) is 0 Å². The van der Waals surface area contributed by atoms with Gasteiger partial charge in [-0.15, -0.1) is 11.3 Å². The number of hydrogen-bond donors (Lipinski definition) is 2. The summed E-state index contributed by atoms with van der Waals surface area (Å²) in [7, 11) is 0. The number of aryl methyl sites for hydroxylation is 1. The van der Waals surface area contributed by atoms with Crippen molar-refractivity contribution in [1.29, 1.82) is 0 Å². The van der Waals surface area contributed by atoms with Gasteiger partial charge in [-0.3, -0.25) is 4.79 Å². The van der Waals surface area contributed by atoms with Gasteiger partial charge in [0, 0.05) is 23.9 Å². The second kappa shape index (κ2) is 12.6. The van der Waals surface area contributed by atoms with Crippen LogP contribution in [-0.2, 0) is 11.2 Å². The zero-order chi connectivity index (χ0) is 28.9. The summed E-state index contributed by atoms with van der Waals surface area (Å²) in [5.41, 5.74) is 10.6. The highest BCUT2D eigenvalue weighted by molar-refractivity contribution is 7.07. The monoisotopic (exact) mass is 578 g/mol. The molecule has 214 valence electrons. The maximum atomic E-state index is 14.1. The van der Waals surface area contributed by atoms with E-state index in [0.717, 1.165) is 49.4 Å². The molecule has 7 nitrogen and oxygen atoms in total. The molecule has 8 heteroatoms. The summed E-state index contributed by atoms with van der Waals surface area (Å²) < 4.78 is 13.8. The van der Waals surface area contributed by atoms with Crippen LogP contribution in [-0.4, -0.2) is 36.8 Å². The Kier molecular flexibility index (Phi) is 8.35. The lowest BCUT2D eigenvalue weighted by atomic mass is 9.97. The van der Waals surface area contributed by atoms with Gasteiger partial charge in [0.05, 0.1) is 11.4 Å². The van der Waals surface area contributed by atoms with E-state index in [-0.39, 0.29) is 5.91 Å². The molecule has 0 radical (unpaired) electrons. The fraction of sp³-hybridized carbons (Fsp3) is 0.235. The summed E-state index contributed by atoms with van der Waals surface area (Å²) in [6, 6.07) is 28.0. The molecule has 1 amide bonds. The van der Waals surface area contributed by atoms with Crippen molar-refractivity contribution in [3.8, 4) is 22.8 Å². The molecule has 0 aliphatic carbocycles. The first-order valence-corrected chi connectivity index (χ1v) is 15.1. The number of carbonyl (C=O) groups is 1. The van der Waals surface area contributed by atoms with Gasteiger partial charge in [-0.2, -0.15) is 0 Å². The Labute approximate surface area is 249 Å². The topological polar surface area (TPSA) is 90.9 Å². The minimum atomic E-state index is -0.563. The maximum Gasteiger partial charge on any atom is 0.243 e. The Morgan fingerprint density at radius 1 is 1.00 bits per heavy atom. The molecular formula is C34H34N4O3S. The zero-order valence-corrected chi connectivity index (χ0v) is 24.4. The Hall–Kier alpha value is -4.40. The van der Waals surface area contributed by atoms with Crippen LogP contribution in [0.1, 0.15) is 23.6 Å². The van der Waals surface area contributed by atoms with Gasteiger partial charge in [-0.05, 0) is 72.1 Å². The molecule has 0 saturated heterocycles. The average molecular weight is 579 g/mol. The number of benzene rings is 4. The van der Waals surface area contributed by atoms with E-state index in [1.807, 2.05) is 42.5 Å². The van der Waals surface area contributed by atoms with E-state index in [9.17, 15) is 4.79 Å². The van der Waals surface area contributed by atoms with Crippen molar-refractivity contribution in [2.45, 2.75) is 25.8 Å². The molecule has 0 bridgehead atoms. The smallest absolute Gasteiger partial charge is 0.243 e. The number of amides is 1. The number of rotatable bonds is 9. The van der Waals surface area contributed by atoms with E-state index in [1.165, 1.54) is 11.3 Å². The number of thiazole rings is 1. The van der Waals surface area contributed by atoms with Crippen molar-refractivity contribution in [2.24, 2.45) is 10.7 Å². The van der Waals surface area contributed by atoms with Crippen LogP contribution in [0.4, 0.5) is 5.69 Å². The van der Waals surface area contributed by atoms with E-state index in [2.05, 4.69) is 64.7 Å². The molecule has 0 spiro atoms. The van der Waals surface area contributed by atoms with Gasteiger partial charge in [0.2, 0.25) is 5.91 Å². The van der Waals surface area contributed by atoms with Crippen LogP contribution in [0.15, 0.2) is 95.3 Å². The van der Waals surface area contributed by atoms with Crippen LogP contribution >= 0.6 is 11.3 Å². The fourth-order valence-electron chi connectivity index (χ4n) is 5.34. The quantitative estimate of drug-likeness (QED) is 0.212. The number of fused-ring (bicyclic) bond motifs is 2. The van der Waals surface area contributed by atoms with Gasteiger partial charge >= 0.3 is 0 Å². The Bertz CT molecular complexity index is 1790. The van der Waals surface area contributed by atoms with Crippen LogP contribution in [0.25, 0.3) is 22.0 Å². The maximum absolute atomic E-state index is 14.1. The molecule has 1 aromatic heterocycles. The van der Waals surface area contributed by atoms with E-state index in [4.69, 9.17) is 20.2 Å². The summed E-state index contributed by atoms with van der Waals surface area (Å²) in [5.74, 6) is 1.36. The summed E-state index contributed by atoms with van der Waals surface area (Å²) in [5, 5.41) is 7.50. The normalized spacial score (nSPS) is 13.7. The zero-order valence-electron chi connectivity index (χ0n) is 23.6. The molecule has 2 heterocycles. The molecule has 5 aromatic rings. The number of hydrogen-bond acceptors (Lipinski definition) is 6. The van der Waals surface area contributed by atoms with Gasteiger partial charge in [-0.1, -0.05) is 54.6 Å². The van der Waals surface area contributed by atoms with Crippen molar-refractivity contribution in [1.82, 2.24) is 9.88 Å². The standard InChI is InChI=1S/C34H34N4O3S/c1-23-7-4-11-27(19-23)37-34-38(30(22-42-34)26-13-14-31-32(21-26)41-18-17-40-31)29(33(39)36-16-6-15-35)20-25-10-5-9-24-8-2-3-12-28(24)25/h2-5,7-14,19,21-22,29H,6,15-18,20,35H2,1H3,(H,36,39)/t29-/m0/s1. The minimum absolute atomic E-state index is 0.0701. The lowest BCUT2D eigenvalue weighted by Crippen LogP contribution is -2.38. The molecule has 4 aromatic carbocycles. The summed E-state index contributed by atoms with van der Waals surface area (Å²) >= 11 is 1.52. The Morgan fingerprint density at radius 3 is 2.67 bits per heavy atom. The highest BCUT2D eigenvalue weighted by Gasteiger charge is 2.27. The molecule has 1 aliphatic rings. The molecule has 0 fully saturated rings. The summed E-state index contributed by atoms with van der Waals surface area (Å²) in [6.07, 6.45) is 1.20. The molecule has 1 atom stereocenters. The number of ether oxygens (including phenoxy) is 2. The van der Waals surface area contributed by atoms with E-state index < -0.39 is 6.04 Å². The summed E-state index contributed by atoms with van der Waals surface area (Å²) in [6.45, 7) is 4.10. The second-order valence-electron chi connectivity index (χ2n) is 10.4. The number of aromatic nitrogens is 1. The van der Waals surface area contributed by atoms with Crippen molar-refractivity contribution in [3.63, 3.8) is 0 Å². The van der Waals surface area contributed by atoms with E-state index in [1.54, 1.807) is 0 Å².